The molecule has 1 rings (SSSR count). The second-order valence-corrected chi connectivity index (χ2v) is 4.35. The van der Waals surface area contributed by atoms with E-state index < -0.39 is 4.92 Å². The molecule has 5 nitrogen and oxygen atoms in total. The first-order valence-corrected chi connectivity index (χ1v) is 6.17. The molecular formula is C12H17ClN2O3. The molecule has 1 aromatic rings. The maximum Gasteiger partial charge on any atom is 0.288 e. The van der Waals surface area contributed by atoms with Gasteiger partial charge in [0.1, 0.15) is 5.02 Å². The highest BCUT2D eigenvalue weighted by Gasteiger charge is 2.12. The highest BCUT2D eigenvalue weighted by atomic mass is 35.5. The third-order valence-corrected chi connectivity index (χ3v) is 2.74. The fourth-order valence-electron chi connectivity index (χ4n) is 1.57. The van der Waals surface area contributed by atoms with Crippen molar-refractivity contribution in [3.8, 4) is 0 Å². The van der Waals surface area contributed by atoms with Crippen LogP contribution in [-0.2, 0) is 11.3 Å². The van der Waals surface area contributed by atoms with Gasteiger partial charge in [0.05, 0.1) is 11.0 Å². The van der Waals surface area contributed by atoms with Crippen LogP contribution in [-0.4, -0.2) is 24.2 Å². The SMILES string of the molecule is CCOC(C)CNCc1ccc(Cl)c([N+](=O)[O-])c1. The molecule has 0 amide bonds. The van der Waals surface area contributed by atoms with Crippen molar-refractivity contribution in [1.29, 1.82) is 0 Å². The highest BCUT2D eigenvalue weighted by molar-refractivity contribution is 6.32. The number of nitro benzene ring substituents is 1. The van der Waals surface area contributed by atoms with Crippen molar-refractivity contribution < 1.29 is 9.66 Å². The van der Waals surface area contributed by atoms with Gasteiger partial charge in [-0.3, -0.25) is 10.1 Å². The van der Waals surface area contributed by atoms with Crippen LogP contribution in [0.5, 0.6) is 0 Å². The summed E-state index contributed by atoms with van der Waals surface area (Å²) in [5, 5.41) is 14.1. The number of nitro groups is 1. The number of halogens is 1. The lowest BCUT2D eigenvalue weighted by Gasteiger charge is -2.12. The number of nitrogens with one attached hydrogen (secondary N) is 1. The molecule has 1 aromatic carbocycles. The third-order valence-electron chi connectivity index (χ3n) is 2.42. The van der Waals surface area contributed by atoms with Gasteiger partial charge in [-0.1, -0.05) is 17.7 Å². The highest BCUT2D eigenvalue weighted by Crippen LogP contribution is 2.24. The molecule has 0 aliphatic carbocycles. The summed E-state index contributed by atoms with van der Waals surface area (Å²) in [6, 6.07) is 4.80. The lowest BCUT2D eigenvalue weighted by atomic mass is 10.2. The Labute approximate surface area is 111 Å². The average Bonchev–Trinajstić information content (AvgIpc) is 2.31. The first-order chi connectivity index (χ1) is 8.54. The van der Waals surface area contributed by atoms with Crippen molar-refractivity contribution >= 4 is 17.3 Å². The molecule has 0 fully saturated rings. The van der Waals surface area contributed by atoms with Crippen LogP contribution in [0.25, 0.3) is 0 Å². The molecule has 0 saturated carbocycles. The molecule has 0 radical (unpaired) electrons. The van der Waals surface area contributed by atoms with Gasteiger partial charge in [-0.15, -0.1) is 0 Å². The van der Waals surface area contributed by atoms with Crippen molar-refractivity contribution in [2.75, 3.05) is 13.2 Å². The summed E-state index contributed by atoms with van der Waals surface area (Å²) in [7, 11) is 0. The van der Waals surface area contributed by atoms with Crippen molar-refractivity contribution in [1.82, 2.24) is 5.32 Å². The molecule has 0 heterocycles. The number of hydrogen-bond donors (Lipinski definition) is 1. The molecule has 1 N–H and O–H groups in total. The molecule has 18 heavy (non-hydrogen) atoms. The molecule has 100 valence electrons. The number of ether oxygens (including phenoxy) is 1. The van der Waals surface area contributed by atoms with Gasteiger partial charge in [-0.2, -0.15) is 0 Å². The van der Waals surface area contributed by atoms with Crippen molar-refractivity contribution in [3.63, 3.8) is 0 Å². The number of rotatable bonds is 7. The number of hydrogen-bond acceptors (Lipinski definition) is 4. The van der Waals surface area contributed by atoms with Crippen molar-refractivity contribution in [2.24, 2.45) is 0 Å². The van der Waals surface area contributed by atoms with Gasteiger partial charge in [-0.05, 0) is 25.5 Å². The summed E-state index contributed by atoms with van der Waals surface area (Å²) in [5.74, 6) is 0. The van der Waals surface area contributed by atoms with Gasteiger partial charge in [-0.25, -0.2) is 0 Å². The maximum absolute atomic E-state index is 10.7. The maximum atomic E-state index is 10.7. The minimum atomic E-state index is -0.478. The molecule has 0 aliphatic rings. The van der Waals surface area contributed by atoms with E-state index in [1.54, 1.807) is 12.1 Å². The van der Waals surface area contributed by atoms with E-state index in [1.165, 1.54) is 6.07 Å². The standard InChI is InChI=1S/C12H17ClN2O3/c1-3-18-9(2)7-14-8-10-4-5-11(13)12(6-10)15(16)17/h4-6,9,14H,3,7-8H2,1-2H3. The van der Waals surface area contributed by atoms with Gasteiger partial charge in [0.15, 0.2) is 0 Å². The van der Waals surface area contributed by atoms with Crippen LogP contribution in [0.15, 0.2) is 18.2 Å². The van der Waals surface area contributed by atoms with Gasteiger partial charge in [0, 0.05) is 25.8 Å². The van der Waals surface area contributed by atoms with E-state index in [0.717, 1.165) is 5.56 Å². The quantitative estimate of drug-likeness (QED) is 0.612. The van der Waals surface area contributed by atoms with Crippen LogP contribution in [0.3, 0.4) is 0 Å². The Kier molecular flexibility index (Phi) is 6.04. The number of benzene rings is 1. The molecule has 0 bridgehead atoms. The zero-order valence-corrected chi connectivity index (χ0v) is 11.2. The van der Waals surface area contributed by atoms with Crippen LogP contribution in [0.4, 0.5) is 5.69 Å². The van der Waals surface area contributed by atoms with E-state index in [-0.39, 0.29) is 16.8 Å². The Morgan fingerprint density at radius 2 is 2.28 bits per heavy atom. The summed E-state index contributed by atoms with van der Waals surface area (Å²) >= 11 is 5.73. The molecule has 1 unspecified atom stereocenters. The monoisotopic (exact) mass is 272 g/mol. The van der Waals surface area contributed by atoms with Crippen LogP contribution in [0, 0.1) is 10.1 Å². The van der Waals surface area contributed by atoms with Crippen LogP contribution in [0.1, 0.15) is 19.4 Å². The third kappa shape index (κ3) is 4.60. The molecule has 0 aromatic heterocycles. The Morgan fingerprint density at radius 3 is 2.89 bits per heavy atom. The second kappa shape index (κ2) is 7.31. The fraction of sp³-hybridized carbons (Fsp3) is 0.500. The minimum absolute atomic E-state index is 0.0613. The number of nitrogens with zero attached hydrogens (tertiary/aromatic N) is 1. The largest absolute Gasteiger partial charge is 0.377 e. The predicted octanol–water partition coefficient (Wildman–Crippen LogP) is 2.76. The fourth-order valence-corrected chi connectivity index (χ4v) is 1.76. The van der Waals surface area contributed by atoms with E-state index in [0.29, 0.717) is 19.7 Å². The average molecular weight is 273 g/mol. The minimum Gasteiger partial charge on any atom is -0.377 e. The van der Waals surface area contributed by atoms with Gasteiger partial charge in [0.2, 0.25) is 0 Å². The van der Waals surface area contributed by atoms with Gasteiger partial charge >= 0.3 is 0 Å². The summed E-state index contributed by atoms with van der Waals surface area (Å²) in [6.07, 6.45) is 0.122. The predicted molar refractivity (Wildman–Crippen MR) is 70.9 cm³/mol. The van der Waals surface area contributed by atoms with Gasteiger partial charge < -0.3 is 10.1 Å². The first kappa shape index (κ1) is 14.9. The van der Waals surface area contributed by atoms with Crippen molar-refractivity contribution in [3.05, 3.63) is 38.9 Å². The topological polar surface area (TPSA) is 64.4 Å². The van der Waals surface area contributed by atoms with E-state index in [9.17, 15) is 10.1 Å². The normalized spacial score (nSPS) is 12.4. The lowest BCUT2D eigenvalue weighted by molar-refractivity contribution is -0.384. The van der Waals surface area contributed by atoms with Crippen LogP contribution < -0.4 is 5.32 Å². The van der Waals surface area contributed by atoms with Crippen LogP contribution >= 0.6 is 11.6 Å². The smallest absolute Gasteiger partial charge is 0.288 e. The molecule has 0 aliphatic heterocycles. The zero-order valence-electron chi connectivity index (χ0n) is 10.5. The Morgan fingerprint density at radius 1 is 1.56 bits per heavy atom. The summed E-state index contributed by atoms with van der Waals surface area (Å²) in [4.78, 5) is 10.2. The lowest BCUT2D eigenvalue weighted by Crippen LogP contribution is -2.26. The van der Waals surface area contributed by atoms with E-state index in [1.807, 2.05) is 13.8 Å². The molecule has 6 heteroatoms. The van der Waals surface area contributed by atoms with Gasteiger partial charge in [0.25, 0.3) is 5.69 Å². The summed E-state index contributed by atoms with van der Waals surface area (Å²) < 4.78 is 5.37. The van der Waals surface area contributed by atoms with E-state index >= 15 is 0 Å². The molecule has 1 atom stereocenters. The summed E-state index contributed by atoms with van der Waals surface area (Å²) in [6.45, 7) is 5.84. The molecule has 0 saturated heterocycles. The Hall–Kier alpha value is -1.17. The Balaban J connectivity index is 2.53. The van der Waals surface area contributed by atoms with Crippen LogP contribution in [0.2, 0.25) is 5.02 Å². The first-order valence-electron chi connectivity index (χ1n) is 5.79. The van der Waals surface area contributed by atoms with E-state index in [2.05, 4.69) is 5.32 Å². The molecular weight excluding hydrogens is 256 g/mol. The Bertz CT molecular complexity index is 412. The summed E-state index contributed by atoms with van der Waals surface area (Å²) in [5.41, 5.74) is 0.767. The zero-order chi connectivity index (χ0) is 13.5. The second-order valence-electron chi connectivity index (χ2n) is 3.94. The van der Waals surface area contributed by atoms with Crippen molar-refractivity contribution in [2.45, 2.75) is 26.5 Å². The van der Waals surface area contributed by atoms with E-state index in [4.69, 9.17) is 16.3 Å². The molecule has 0 spiro atoms.